The zero-order chi connectivity index (χ0) is 18.8. The molecule has 1 aliphatic heterocycles. The van der Waals surface area contributed by atoms with Crippen molar-refractivity contribution >= 4 is 16.7 Å². The molecule has 4 rings (SSSR count). The van der Waals surface area contributed by atoms with E-state index >= 15 is 0 Å². The van der Waals surface area contributed by atoms with Crippen LogP contribution in [0.15, 0.2) is 57.7 Å². The maximum atomic E-state index is 11.9. The lowest BCUT2D eigenvalue weighted by Crippen LogP contribution is -3.13. The van der Waals surface area contributed by atoms with Crippen molar-refractivity contribution < 1.29 is 14.1 Å². The third-order valence-electron chi connectivity index (χ3n) is 5.33. The van der Waals surface area contributed by atoms with Gasteiger partial charge in [-0.05, 0) is 43.3 Å². The van der Waals surface area contributed by atoms with Crippen LogP contribution >= 0.6 is 0 Å². The van der Waals surface area contributed by atoms with Crippen LogP contribution in [0.2, 0.25) is 0 Å². The second-order valence-electron chi connectivity index (χ2n) is 7.20. The molecule has 0 spiro atoms. The number of nitrogens with zero attached hydrogens (tertiary/aromatic N) is 1. The van der Waals surface area contributed by atoms with Gasteiger partial charge >= 0.3 is 5.63 Å². The minimum absolute atomic E-state index is 0.266. The van der Waals surface area contributed by atoms with Gasteiger partial charge in [0.15, 0.2) is 0 Å². The molecule has 1 aromatic heterocycles. The molecule has 2 heterocycles. The lowest BCUT2D eigenvalue weighted by Gasteiger charge is -2.33. The lowest BCUT2D eigenvalue weighted by molar-refractivity contribution is -0.914. The number of aryl methyl sites for hydroxylation is 1. The molecule has 2 aromatic carbocycles. The number of quaternary nitrogens is 1. The predicted octanol–water partition coefficient (Wildman–Crippen LogP) is 2.02. The molecule has 5 heteroatoms. The van der Waals surface area contributed by atoms with E-state index in [9.17, 15) is 4.79 Å². The van der Waals surface area contributed by atoms with Gasteiger partial charge in [0, 0.05) is 22.7 Å². The highest BCUT2D eigenvalue weighted by molar-refractivity contribution is 5.80. The van der Waals surface area contributed by atoms with Crippen LogP contribution in [-0.4, -0.2) is 33.3 Å². The quantitative estimate of drug-likeness (QED) is 0.719. The number of fused-ring (bicyclic) bond motifs is 1. The highest BCUT2D eigenvalue weighted by Crippen LogP contribution is 2.20. The van der Waals surface area contributed by atoms with E-state index in [0.717, 1.165) is 49.4 Å². The lowest BCUT2D eigenvalue weighted by atomic mass is 10.1. The van der Waals surface area contributed by atoms with E-state index in [-0.39, 0.29) is 5.63 Å². The Morgan fingerprint density at radius 1 is 1.07 bits per heavy atom. The summed E-state index contributed by atoms with van der Waals surface area (Å²) in [6, 6.07) is 15.9. The van der Waals surface area contributed by atoms with E-state index in [0.29, 0.717) is 5.58 Å². The van der Waals surface area contributed by atoms with E-state index in [1.165, 1.54) is 16.2 Å². The molecule has 3 aromatic rings. The normalized spacial score (nSPS) is 15.3. The summed E-state index contributed by atoms with van der Waals surface area (Å²) in [5.74, 6) is 0.882. The van der Waals surface area contributed by atoms with Gasteiger partial charge in [0.25, 0.3) is 0 Å². The van der Waals surface area contributed by atoms with Crippen LogP contribution in [0.1, 0.15) is 11.1 Å². The summed E-state index contributed by atoms with van der Waals surface area (Å²) in [5, 5.41) is 1.06. The number of piperazine rings is 1. The second kappa shape index (κ2) is 7.45. The summed E-state index contributed by atoms with van der Waals surface area (Å²) in [7, 11) is 1.69. The van der Waals surface area contributed by atoms with E-state index in [2.05, 4.69) is 30.0 Å². The molecule has 0 radical (unpaired) electrons. The van der Waals surface area contributed by atoms with Gasteiger partial charge in [-0.3, -0.25) is 0 Å². The average Bonchev–Trinajstić information content (AvgIpc) is 2.69. The number of ether oxygens (including phenoxy) is 1. The first-order chi connectivity index (χ1) is 13.1. The topological polar surface area (TPSA) is 47.1 Å². The molecule has 0 atom stereocenters. The van der Waals surface area contributed by atoms with Crippen LogP contribution in [0.3, 0.4) is 0 Å². The maximum absolute atomic E-state index is 11.9. The van der Waals surface area contributed by atoms with Crippen LogP contribution in [0.25, 0.3) is 11.0 Å². The van der Waals surface area contributed by atoms with Gasteiger partial charge in [0.05, 0.1) is 33.3 Å². The Balaban J connectivity index is 1.47. The average molecular weight is 365 g/mol. The molecular weight excluding hydrogens is 340 g/mol. The molecule has 140 valence electrons. The number of rotatable bonds is 4. The molecular formula is C22H25N2O3+. The fraction of sp³-hybridized carbons (Fsp3) is 0.318. The summed E-state index contributed by atoms with van der Waals surface area (Å²) in [6.07, 6.45) is 0. The Labute approximate surface area is 158 Å². The molecule has 0 aliphatic carbocycles. The Morgan fingerprint density at radius 3 is 2.52 bits per heavy atom. The first kappa shape index (κ1) is 17.6. The van der Waals surface area contributed by atoms with Crippen LogP contribution in [0.5, 0.6) is 5.75 Å². The summed E-state index contributed by atoms with van der Waals surface area (Å²) >= 11 is 0. The third kappa shape index (κ3) is 3.83. The Morgan fingerprint density at radius 2 is 1.81 bits per heavy atom. The fourth-order valence-electron chi connectivity index (χ4n) is 3.81. The van der Waals surface area contributed by atoms with Gasteiger partial charge < -0.3 is 19.0 Å². The Kier molecular flexibility index (Phi) is 4.86. The van der Waals surface area contributed by atoms with Gasteiger partial charge in [0.2, 0.25) is 0 Å². The molecule has 1 fully saturated rings. The first-order valence-corrected chi connectivity index (χ1v) is 9.38. The molecule has 0 saturated carbocycles. The van der Waals surface area contributed by atoms with Crippen molar-refractivity contribution in [1.29, 1.82) is 0 Å². The summed E-state index contributed by atoms with van der Waals surface area (Å²) in [5.41, 5.74) is 3.91. The first-order valence-electron chi connectivity index (χ1n) is 9.38. The molecule has 0 amide bonds. The zero-order valence-electron chi connectivity index (χ0n) is 15.8. The van der Waals surface area contributed by atoms with Crippen molar-refractivity contribution in [3.05, 3.63) is 70.1 Å². The van der Waals surface area contributed by atoms with Crippen molar-refractivity contribution in [3.63, 3.8) is 0 Å². The van der Waals surface area contributed by atoms with E-state index in [1.807, 2.05) is 24.3 Å². The zero-order valence-corrected chi connectivity index (χ0v) is 15.8. The standard InChI is InChI=1S/C22H24N2O3/c1-16-3-8-21-20(13-16)17(14-22(25)27-21)15-23-9-11-24(12-10-23)18-4-6-19(26-2)7-5-18/h3-8,13-14H,9-12,15H2,1-2H3/p+1. The number of benzene rings is 2. The largest absolute Gasteiger partial charge is 0.497 e. The number of hydrogen-bond acceptors (Lipinski definition) is 4. The van der Waals surface area contributed by atoms with Gasteiger partial charge in [-0.2, -0.15) is 0 Å². The van der Waals surface area contributed by atoms with Crippen molar-refractivity contribution in [1.82, 2.24) is 0 Å². The minimum Gasteiger partial charge on any atom is -0.497 e. The van der Waals surface area contributed by atoms with Crippen LogP contribution in [0.4, 0.5) is 5.69 Å². The second-order valence-corrected chi connectivity index (χ2v) is 7.20. The van der Waals surface area contributed by atoms with E-state index in [4.69, 9.17) is 9.15 Å². The van der Waals surface area contributed by atoms with E-state index in [1.54, 1.807) is 13.2 Å². The van der Waals surface area contributed by atoms with Gasteiger partial charge in [-0.1, -0.05) is 11.6 Å². The van der Waals surface area contributed by atoms with Crippen LogP contribution in [-0.2, 0) is 6.54 Å². The number of methoxy groups -OCH3 is 1. The minimum atomic E-state index is -0.266. The fourth-order valence-corrected chi connectivity index (χ4v) is 3.81. The monoisotopic (exact) mass is 365 g/mol. The van der Waals surface area contributed by atoms with Crippen molar-refractivity contribution in [2.24, 2.45) is 0 Å². The maximum Gasteiger partial charge on any atom is 0.336 e. The highest BCUT2D eigenvalue weighted by Gasteiger charge is 2.21. The number of hydrogen-bond donors (Lipinski definition) is 1. The smallest absolute Gasteiger partial charge is 0.336 e. The molecule has 1 saturated heterocycles. The van der Waals surface area contributed by atoms with Crippen LogP contribution < -0.4 is 20.2 Å². The molecule has 5 nitrogen and oxygen atoms in total. The van der Waals surface area contributed by atoms with E-state index < -0.39 is 0 Å². The van der Waals surface area contributed by atoms with Gasteiger partial charge in [-0.25, -0.2) is 4.79 Å². The van der Waals surface area contributed by atoms with Crippen LogP contribution in [0, 0.1) is 6.92 Å². The summed E-state index contributed by atoms with van der Waals surface area (Å²) in [6.45, 7) is 7.00. The predicted molar refractivity (Wildman–Crippen MR) is 107 cm³/mol. The third-order valence-corrected chi connectivity index (χ3v) is 5.33. The SMILES string of the molecule is COc1ccc(N2CC[NH+](Cc3cc(=O)oc4ccc(C)cc34)CC2)cc1. The van der Waals surface area contributed by atoms with Crippen molar-refractivity contribution in [2.45, 2.75) is 13.5 Å². The molecule has 27 heavy (non-hydrogen) atoms. The summed E-state index contributed by atoms with van der Waals surface area (Å²) < 4.78 is 10.6. The molecule has 1 aliphatic rings. The molecule has 0 bridgehead atoms. The molecule has 1 N–H and O–H groups in total. The Hall–Kier alpha value is -2.79. The highest BCUT2D eigenvalue weighted by atomic mass is 16.5. The molecule has 0 unspecified atom stereocenters. The number of nitrogens with one attached hydrogen (secondary N) is 1. The van der Waals surface area contributed by atoms with Crippen molar-refractivity contribution in [2.75, 3.05) is 38.2 Å². The van der Waals surface area contributed by atoms with Gasteiger partial charge in [0.1, 0.15) is 17.9 Å². The summed E-state index contributed by atoms with van der Waals surface area (Å²) in [4.78, 5) is 15.8. The van der Waals surface area contributed by atoms with Crippen molar-refractivity contribution in [3.8, 4) is 5.75 Å². The van der Waals surface area contributed by atoms with Gasteiger partial charge in [-0.15, -0.1) is 0 Å². The number of anilines is 1. The Bertz CT molecular complexity index is 987.